The van der Waals surface area contributed by atoms with Crippen molar-refractivity contribution in [2.45, 2.75) is 13.1 Å². The minimum Gasteiger partial charge on any atom is -0.496 e. The standard InChI is InChI=1S/C17H21ClN2O/c1-20(2)12-13-7-4-5-9-16(13)19-11-14-15(18)8-6-10-17(14)21-3/h4-10,19H,11-12H2,1-3H3. The van der Waals surface area contributed by atoms with Crippen molar-refractivity contribution in [1.29, 1.82) is 0 Å². The number of anilines is 1. The summed E-state index contributed by atoms with van der Waals surface area (Å²) in [5, 5.41) is 4.17. The van der Waals surface area contributed by atoms with E-state index in [2.05, 4.69) is 42.5 Å². The first kappa shape index (κ1) is 15.7. The van der Waals surface area contributed by atoms with Crippen molar-refractivity contribution < 1.29 is 4.74 Å². The average Bonchev–Trinajstić information content (AvgIpc) is 2.46. The van der Waals surface area contributed by atoms with Crippen LogP contribution < -0.4 is 10.1 Å². The average molecular weight is 305 g/mol. The first-order valence-electron chi connectivity index (χ1n) is 6.89. The van der Waals surface area contributed by atoms with Gasteiger partial charge in [0.1, 0.15) is 5.75 Å². The van der Waals surface area contributed by atoms with Crippen LogP contribution in [0.5, 0.6) is 5.75 Å². The molecule has 112 valence electrons. The summed E-state index contributed by atoms with van der Waals surface area (Å²) in [6, 6.07) is 14.0. The zero-order chi connectivity index (χ0) is 15.2. The Kier molecular flexibility index (Phi) is 5.48. The second-order valence-corrected chi connectivity index (χ2v) is 5.58. The van der Waals surface area contributed by atoms with Gasteiger partial charge < -0.3 is 15.0 Å². The molecule has 0 bridgehead atoms. The van der Waals surface area contributed by atoms with Crippen molar-refractivity contribution in [3.63, 3.8) is 0 Å². The highest BCUT2D eigenvalue weighted by Gasteiger charge is 2.09. The van der Waals surface area contributed by atoms with Crippen LogP contribution in [0.3, 0.4) is 0 Å². The minimum absolute atomic E-state index is 0.632. The summed E-state index contributed by atoms with van der Waals surface area (Å²) in [7, 11) is 5.79. The molecule has 0 spiro atoms. The van der Waals surface area contributed by atoms with E-state index in [0.717, 1.165) is 23.5 Å². The van der Waals surface area contributed by atoms with E-state index in [9.17, 15) is 0 Å². The van der Waals surface area contributed by atoms with E-state index in [1.165, 1.54) is 5.56 Å². The van der Waals surface area contributed by atoms with E-state index < -0.39 is 0 Å². The van der Waals surface area contributed by atoms with Crippen molar-refractivity contribution in [3.8, 4) is 5.75 Å². The lowest BCUT2D eigenvalue weighted by atomic mass is 10.1. The maximum absolute atomic E-state index is 6.27. The molecule has 0 unspecified atom stereocenters. The molecular formula is C17H21ClN2O. The summed E-state index contributed by atoms with van der Waals surface area (Å²) in [6.45, 7) is 1.52. The summed E-state index contributed by atoms with van der Waals surface area (Å²) >= 11 is 6.27. The van der Waals surface area contributed by atoms with Gasteiger partial charge in [-0.05, 0) is 37.9 Å². The summed E-state index contributed by atoms with van der Waals surface area (Å²) in [5.74, 6) is 0.806. The molecule has 4 heteroatoms. The molecule has 0 amide bonds. The molecule has 0 heterocycles. The minimum atomic E-state index is 0.632. The van der Waals surface area contributed by atoms with Crippen LogP contribution >= 0.6 is 11.6 Å². The second-order valence-electron chi connectivity index (χ2n) is 5.17. The van der Waals surface area contributed by atoms with Crippen LogP contribution in [0.25, 0.3) is 0 Å². The quantitative estimate of drug-likeness (QED) is 0.872. The SMILES string of the molecule is COc1cccc(Cl)c1CNc1ccccc1CN(C)C. The number of nitrogens with zero attached hydrogens (tertiary/aromatic N) is 1. The highest BCUT2D eigenvalue weighted by molar-refractivity contribution is 6.31. The normalized spacial score (nSPS) is 10.7. The van der Waals surface area contributed by atoms with Crippen LogP contribution in [0, 0.1) is 0 Å². The van der Waals surface area contributed by atoms with Crippen molar-refractivity contribution >= 4 is 17.3 Å². The highest BCUT2D eigenvalue weighted by Crippen LogP contribution is 2.27. The van der Waals surface area contributed by atoms with Crippen molar-refractivity contribution in [2.75, 3.05) is 26.5 Å². The summed E-state index contributed by atoms with van der Waals surface area (Å²) < 4.78 is 5.38. The molecule has 2 aromatic carbocycles. The molecule has 0 aliphatic carbocycles. The van der Waals surface area contributed by atoms with Gasteiger partial charge in [0.25, 0.3) is 0 Å². The van der Waals surface area contributed by atoms with Gasteiger partial charge in [0, 0.05) is 29.4 Å². The van der Waals surface area contributed by atoms with Gasteiger partial charge in [-0.3, -0.25) is 0 Å². The Morgan fingerprint density at radius 2 is 1.86 bits per heavy atom. The van der Waals surface area contributed by atoms with E-state index in [1.54, 1.807) is 7.11 Å². The van der Waals surface area contributed by atoms with E-state index in [0.29, 0.717) is 11.6 Å². The first-order valence-corrected chi connectivity index (χ1v) is 7.27. The number of rotatable bonds is 6. The molecule has 0 atom stereocenters. The molecular weight excluding hydrogens is 284 g/mol. The molecule has 2 aromatic rings. The largest absolute Gasteiger partial charge is 0.496 e. The summed E-state index contributed by atoms with van der Waals surface area (Å²) in [4.78, 5) is 2.15. The third kappa shape index (κ3) is 4.13. The molecule has 0 fully saturated rings. The van der Waals surface area contributed by atoms with E-state index in [1.807, 2.05) is 24.3 Å². The van der Waals surface area contributed by atoms with Gasteiger partial charge >= 0.3 is 0 Å². The summed E-state index contributed by atoms with van der Waals surface area (Å²) in [6.07, 6.45) is 0. The van der Waals surface area contributed by atoms with Crippen LogP contribution in [0.15, 0.2) is 42.5 Å². The Morgan fingerprint density at radius 3 is 2.57 bits per heavy atom. The monoisotopic (exact) mass is 304 g/mol. The molecule has 0 saturated carbocycles. The lowest BCUT2D eigenvalue weighted by Gasteiger charge is -2.17. The Morgan fingerprint density at radius 1 is 1.10 bits per heavy atom. The molecule has 3 nitrogen and oxygen atoms in total. The topological polar surface area (TPSA) is 24.5 Å². The number of ether oxygens (including phenoxy) is 1. The third-order valence-corrected chi connectivity index (χ3v) is 3.61. The van der Waals surface area contributed by atoms with Crippen LogP contribution in [-0.2, 0) is 13.1 Å². The number of halogens is 1. The third-order valence-electron chi connectivity index (χ3n) is 3.26. The maximum Gasteiger partial charge on any atom is 0.125 e. The number of para-hydroxylation sites is 1. The van der Waals surface area contributed by atoms with E-state index >= 15 is 0 Å². The Bertz CT molecular complexity index is 599. The zero-order valence-corrected chi connectivity index (χ0v) is 13.4. The van der Waals surface area contributed by atoms with Gasteiger partial charge in [0.05, 0.1) is 7.11 Å². The van der Waals surface area contributed by atoms with Gasteiger partial charge in [0.2, 0.25) is 0 Å². The maximum atomic E-state index is 6.27. The molecule has 2 rings (SSSR count). The number of hydrogen-bond acceptors (Lipinski definition) is 3. The predicted octanol–water partition coefficient (Wildman–Crippen LogP) is 4.02. The van der Waals surface area contributed by atoms with Gasteiger partial charge in [0.15, 0.2) is 0 Å². The highest BCUT2D eigenvalue weighted by atomic mass is 35.5. The lowest BCUT2D eigenvalue weighted by Crippen LogP contribution is -2.13. The van der Waals surface area contributed by atoms with Crippen molar-refractivity contribution in [3.05, 3.63) is 58.6 Å². The second kappa shape index (κ2) is 7.34. The molecule has 0 aliphatic heterocycles. The number of hydrogen-bond donors (Lipinski definition) is 1. The zero-order valence-electron chi connectivity index (χ0n) is 12.7. The van der Waals surface area contributed by atoms with Gasteiger partial charge in [-0.1, -0.05) is 35.9 Å². The molecule has 0 aromatic heterocycles. The molecule has 0 aliphatic rings. The molecule has 0 radical (unpaired) electrons. The van der Waals surface area contributed by atoms with Crippen LogP contribution in [0.2, 0.25) is 5.02 Å². The van der Waals surface area contributed by atoms with Crippen LogP contribution in [0.1, 0.15) is 11.1 Å². The fourth-order valence-corrected chi connectivity index (χ4v) is 2.49. The molecule has 1 N–H and O–H groups in total. The predicted molar refractivity (Wildman–Crippen MR) is 89.2 cm³/mol. The molecule has 0 saturated heterocycles. The van der Waals surface area contributed by atoms with Gasteiger partial charge in [-0.25, -0.2) is 0 Å². The number of methoxy groups -OCH3 is 1. The fourth-order valence-electron chi connectivity index (χ4n) is 2.26. The van der Waals surface area contributed by atoms with Crippen LogP contribution in [0.4, 0.5) is 5.69 Å². The Balaban J connectivity index is 2.17. The van der Waals surface area contributed by atoms with Gasteiger partial charge in [-0.15, -0.1) is 0 Å². The van der Waals surface area contributed by atoms with Crippen molar-refractivity contribution in [1.82, 2.24) is 4.90 Å². The van der Waals surface area contributed by atoms with Crippen molar-refractivity contribution in [2.24, 2.45) is 0 Å². The number of nitrogens with one attached hydrogen (secondary N) is 1. The number of benzene rings is 2. The Hall–Kier alpha value is -1.71. The van der Waals surface area contributed by atoms with E-state index in [4.69, 9.17) is 16.3 Å². The fraction of sp³-hybridized carbons (Fsp3) is 0.294. The lowest BCUT2D eigenvalue weighted by molar-refractivity contribution is 0.403. The first-order chi connectivity index (χ1) is 10.1. The van der Waals surface area contributed by atoms with E-state index in [-0.39, 0.29) is 0 Å². The summed E-state index contributed by atoms with van der Waals surface area (Å²) in [5.41, 5.74) is 3.35. The Labute approximate surface area is 131 Å². The molecule has 21 heavy (non-hydrogen) atoms. The van der Waals surface area contributed by atoms with Crippen LogP contribution in [-0.4, -0.2) is 26.1 Å². The van der Waals surface area contributed by atoms with Gasteiger partial charge in [-0.2, -0.15) is 0 Å². The smallest absolute Gasteiger partial charge is 0.125 e.